The maximum atomic E-state index is 12.6. The molecule has 3 aromatic rings. The summed E-state index contributed by atoms with van der Waals surface area (Å²) in [5.74, 6) is 1.05. The molecule has 0 bridgehead atoms. The van der Waals surface area contributed by atoms with Gasteiger partial charge in [-0.05, 0) is 57.0 Å². The highest BCUT2D eigenvalue weighted by Crippen LogP contribution is 2.28. The number of nitrogens with one attached hydrogen (secondary N) is 2. The minimum Gasteiger partial charge on any atom is -0.492 e. The molecule has 0 saturated carbocycles. The second-order valence-electron chi connectivity index (χ2n) is 7.61. The monoisotopic (exact) mass is 496 g/mol. The Balaban J connectivity index is 1.56. The van der Waals surface area contributed by atoms with E-state index in [1.54, 1.807) is 18.2 Å². The Morgan fingerprint density at radius 1 is 0.944 bits per heavy atom. The fourth-order valence-electron chi connectivity index (χ4n) is 3.43. The van der Waals surface area contributed by atoms with Gasteiger partial charge in [-0.1, -0.05) is 23.4 Å². The van der Waals surface area contributed by atoms with E-state index >= 15 is 0 Å². The van der Waals surface area contributed by atoms with E-state index < -0.39 is 5.91 Å². The van der Waals surface area contributed by atoms with Crippen molar-refractivity contribution in [2.45, 2.75) is 33.7 Å². The smallest absolute Gasteiger partial charge is 0.275 e. The summed E-state index contributed by atoms with van der Waals surface area (Å²) in [7, 11) is 0. The van der Waals surface area contributed by atoms with E-state index in [0.29, 0.717) is 55.7 Å². The van der Waals surface area contributed by atoms with Crippen molar-refractivity contribution in [3.63, 3.8) is 0 Å². The topological polar surface area (TPSA) is 143 Å². The maximum absolute atomic E-state index is 12.6. The molecular weight excluding hydrogens is 464 g/mol. The average molecular weight is 497 g/mol. The Morgan fingerprint density at radius 3 is 2.39 bits per heavy atom. The standard InChI is InChI=1S/C25H32N6O5/c1-4-34-19-10-8-7-9-18(19)28-22(32)16-31-24(26)23(29-30-31)25(33)27-14-13-17-11-12-20(35-5-2)21(15-17)36-6-3/h7-12,15H,4-6,13-14,16,26H2,1-3H3,(H,27,33)(H,28,32). The summed E-state index contributed by atoms with van der Waals surface area (Å²) in [6, 6.07) is 12.8. The molecular formula is C25H32N6O5. The van der Waals surface area contributed by atoms with E-state index in [9.17, 15) is 9.59 Å². The van der Waals surface area contributed by atoms with E-state index in [2.05, 4.69) is 20.9 Å². The molecule has 0 aliphatic heterocycles. The normalized spacial score (nSPS) is 10.5. The molecule has 0 unspecified atom stereocenters. The van der Waals surface area contributed by atoms with Gasteiger partial charge in [0.25, 0.3) is 5.91 Å². The van der Waals surface area contributed by atoms with Crippen LogP contribution in [0.2, 0.25) is 0 Å². The van der Waals surface area contributed by atoms with Crippen LogP contribution in [0.3, 0.4) is 0 Å². The predicted octanol–water partition coefficient (Wildman–Crippen LogP) is 2.67. The number of nitrogens with zero attached hydrogens (tertiary/aromatic N) is 3. The van der Waals surface area contributed by atoms with Crippen LogP contribution in [0.4, 0.5) is 11.5 Å². The number of carbonyl (C=O) groups excluding carboxylic acids is 2. The number of nitrogens with two attached hydrogens (primary N) is 1. The molecule has 0 aliphatic rings. The lowest BCUT2D eigenvalue weighted by Crippen LogP contribution is -2.27. The molecule has 0 radical (unpaired) electrons. The van der Waals surface area contributed by atoms with Gasteiger partial charge in [0.15, 0.2) is 23.0 Å². The molecule has 0 spiro atoms. The Labute approximate surface area is 209 Å². The molecule has 2 aromatic carbocycles. The van der Waals surface area contributed by atoms with Crippen LogP contribution in [-0.4, -0.2) is 53.2 Å². The molecule has 1 heterocycles. The van der Waals surface area contributed by atoms with E-state index in [1.165, 1.54) is 4.68 Å². The second-order valence-corrected chi connectivity index (χ2v) is 7.61. The Hall–Kier alpha value is -4.28. The van der Waals surface area contributed by atoms with Crippen molar-refractivity contribution in [1.29, 1.82) is 0 Å². The molecule has 3 rings (SSSR count). The SMILES string of the molecule is CCOc1ccccc1NC(=O)Cn1nnc(C(=O)NCCc2ccc(OCC)c(OCC)c2)c1N. The highest BCUT2D eigenvalue weighted by molar-refractivity contribution is 5.97. The van der Waals surface area contributed by atoms with Crippen LogP contribution in [0.1, 0.15) is 36.8 Å². The fourth-order valence-corrected chi connectivity index (χ4v) is 3.43. The fraction of sp³-hybridized carbons (Fsp3) is 0.360. The number of rotatable bonds is 13. The molecule has 0 atom stereocenters. The maximum Gasteiger partial charge on any atom is 0.275 e. The minimum atomic E-state index is -0.475. The average Bonchev–Trinajstić information content (AvgIpc) is 3.22. The van der Waals surface area contributed by atoms with Gasteiger partial charge in [0.2, 0.25) is 5.91 Å². The lowest BCUT2D eigenvalue weighted by atomic mass is 10.1. The lowest BCUT2D eigenvalue weighted by molar-refractivity contribution is -0.116. The van der Waals surface area contributed by atoms with Crippen molar-refractivity contribution in [2.24, 2.45) is 0 Å². The van der Waals surface area contributed by atoms with E-state index in [-0.39, 0.29) is 24.0 Å². The van der Waals surface area contributed by atoms with Crippen molar-refractivity contribution in [1.82, 2.24) is 20.3 Å². The van der Waals surface area contributed by atoms with Crippen LogP contribution >= 0.6 is 0 Å². The molecule has 36 heavy (non-hydrogen) atoms. The number of nitrogen functional groups attached to an aromatic ring is 1. The molecule has 192 valence electrons. The summed E-state index contributed by atoms with van der Waals surface area (Å²) in [6.07, 6.45) is 0.563. The van der Waals surface area contributed by atoms with Gasteiger partial charge in [0.1, 0.15) is 12.3 Å². The number of hydrogen-bond acceptors (Lipinski definition) is 8. The van der Waals surface area contributed by atoms with Gasteiger partial charge in [0.05, 0.1) is 25.5 Å². The zero-order chi connectivity index (χ0) is 25.9. The van der Waals surface area contributed by atoms with Crippen LogP contribution in [0, 0.1) is 0 Å². The zero-order valence-corrected chi connectivity index (χ0v) is 20.7. The van der Waals surface area contributed by atoms with E-state index in [4.69, 9.17) is 19.9 Å². The van der Waals surface area contributed by atoms with Crippen molar-refractivity contribution in [2.75, 3.05) is 37.4 Å². The quantitative estimate of drug-likeness (QED) is 0.328. The van der Waals surface area contributed by atoms with Gasteiger partial charge in [-0.3, -0.25) is 9.59 Å². The molecule has 0 saturated heterocycles. The van der Waals surface area contributed by atoms with E-state index in [1.807, 2.05) is 45.0 Å². The molecule has 11 nitrogen and oxygen atoms in total. The first kappa shape index (κ1) is 26.3. The third-order valence-electron chi connectivity index (χ3n) is 5.05. The van der Waals surface area contributed by atoms with Gasteiger partial charge in [-0.25, -0.2) is 4.68 Å². The van der Waals surface area contributed by atoms with Crippen LogP contribution in [-0.2, 0) is 17.8 Å². The number of aromatic nitrogens is 3. The number of carbonyl (C=O) groups is 2. The van der Waals surface area contributed by atoms with E-state index in [0.717, 1.165) is 5.56 Å². The van der Waals surface area contributed by atoms with Gasteiger partial charge in [-0.15, -0.1) is 5.10 Å². The Kier molecular flexibility index (Phi) is 9.49. The van der Waals surface area contributed by atoms with Crippen LogP contribution in [0.25, 0.3) is 0 Å². The minimum absolute atomic E-state index is 0.000410. The number of ether oxygens (including phenoxy) is 3. The lowest BCUT2D eigenvalue weighted by Gasteiger charge is -2.12. The van der Waals surface area contributed by atoms with Crippen LogP contribution in [0.5, 0.6) is 17.2 Å². The molecule has 0 fully saturated rings. The third-order valence-corrected chi connectivity index (χ3v) is 5.05. The summed E-state index contributed by atoms with van der Waals surface area (Å²) in [4.78, 5) is 25.1. The Morgan fingerprint density at radius 2 is 1.64 bits per heavy atom. The predicted molar refractivity (Wildman–Crippen MR) is 135 cm³/mol. The molecule has 1 aromatic heterocycles. The number of anilines is 2. The summed E-state index contributed by atoms with van der Waals surface area (Å²) in [6.45, 7) is 7.34. The number of amides is 2. The first-order chi connectivity index (χ1) is 17.5. The van der Waals surface area contributed by atoms with Crippen molar-refractivity contribution < 1.29 is 23.8 Å². The summed E-state index contributed by atoms with van der Waals surface area (Å²) < 4.78 is 17.9. The largest absolute Gasteiger partial charge is 0.492 e. The summed E-state index contributed by atoms with van der Waals surface area (Å²) >= 11 is 0. The first-order valence-electron chi connectivity index (χ1n) is 11.8. The summed E-state index contributed by atoms with van der Waals surface area (Å²) in [5, 5.41) is 13.3. The van der Waals surface area contributed by atoms with Gasteiger partial charge >= 0.3 is 0 Å². The number of benzene rings is 2. The van der Waals surface area contributed by atoms with Crippen molar-refractivity contribution >= 4 is 23.3 Å². The summed E-state index contributed by atoms with van der Waals surface area (Å²) in [5.41, 5.74) is 7.51. The zero-order valence-electron chi connectivity index (χ0n) is 20.7. The Bertz CT molecular complexity index is 1180. The molecule has 4 N–H and O–H groups in total. The second kappa shape index (κ2) is 13.0. The van der Waals surface area contributed by atoms with Gasteiger partial charge in [-0.2, -0.15) is 0 Å². The molecule has 11 heteroatoms. The highest BCUT2D eigenvalue weighted by atomic mass is 16.5. The van der Waals surface area contributed by atoms with Crippen molar-refractivity contribution in [3.05, 3.63) is 53.7 Å². The highest BCUT2D eigenvalue weighted by Gasteiger charge is 2.19. The van der Waals surface area contributed by atoms with Crippen LogP contribution in [0.15, 0.2) is 42.5 Å². The van der Waals surface area contributed by atoms with Gasteiger partial charge < -0.3 is 30.6 Å². The van der Waals surface area contributed by atoms with Crippen LogP contribution < -0.4 is 30.6 Å². The number of hydrogen-bond donors (Lipinski definition) is 3. The first-order valence-corrected chi connectivity index (χ1v) is 11.8. The third kappa shape index (κ3) is 6.87. The van der Waals surface area contributed by atoms with Gasteiger partial charge in [0, 0.05) is 6.54 Å². The molecule has 0 aliphatic carbocycles. The number of para-hydroxylation sites is 2. The molecule has 2 amide bonds. The van der Waals surface area contributed by atoms with Crippen molar-refractivity contribution in [3.8, 4) is 17.2 Å².